The van der Waals surface area contributed by atoms with Crippen LogP contribution in [0.3, 0.4) is 0 Å². The first kappa shape index (κ1) is 37.0. The maximum Gasteiger partial charge on any atom is 0.338 e. The molecule has 0 saturated carbocycles. The number of nitrogens with zero attached hydrogens (tertiary/aromatic N) is 1. The van der Waals surface area contributed by atoms with Gasteiger partial charge in [-0.15, -0.1) is 0 Å². The van der Waals surface area contributed by atoms with Crippen molar-refractivity contribution in [2.45, 2.75) is 110 Å². The van der Waals surface area contributed by atoms with Crippen LogP contribution < -0.4 is 4.90 Å². The molecule has 2 atom stereocenters. The summed E-state index contributed by atoms with van der Waals surface area (Å²) in [5, 5.41) is 11.6. The summed E-state index contributed by atoms with van der Waals surface area (Å²) in [4.78, 5) is 16.6. The van der Waals surface area contributed by atoms with Crippen molar-refractivity contribution in [3.63, 3.8) is 0 Å². The summed E-state index contributed by atoms with van der Waals surface area (Å²) >= 11 is 0. The van der Waals surface area contributed by atoms with Crippen LogP contribution in [-0.2, 0) is 28.6 Å². The number of benzene rings is 3. The van der Waals surface area contributed by atoms with Crippen LogP contribution in [0.25, 0.3) is 0 Å². The van der Waals surface area contributed by atoms with Crippen molar-refractivity contribution < 1.29 is 22.9 Å². The maximum atomic E-state index is 15.8. The van der Waals surface area contributed by atoms with E-state index >= 15 is 4.57 Å². The average Bonchev–Trinajstić information content (AvgIpc) is 2.88. The smallest absolute Gasteiger partial charge is 0.338 e. The van der Waals surface area contributed by atoms with Crippen molar-refractivity contribution in [1.82, 2.24) is 0 Å². The first-order valence-corrected chi connectivity index (χ1v) is 24.2. The van der Waals surface area contributed by atoms with Crippen LogP contribution in [0.15, 0.2) is 72.8 Å². The minimum absolute atomic E-state index is 0.208. The predicted octanol–water partition coefficient (Wildman–Crippen LogP) is 10.7. The highest BCUT2D eigenvalue weighted by molar-refractivity contribution is 7.57. The van der Waals surface area contributed by atoms with Crippen molar-refractivity contribution in [3.8, 4) is 5.75 Å². The Hall–Kier alpha value is -2.49. The fourth-order valence-electron chi connectivity index (χ4n) is 5.37. The van der Waals surface area contributed by atoms with Crippen LogP contribution in [-0.4, -0.2) is 27.6 Å². The van der Waals surface area contributed by atoms with Gasteiger partial charge in [0, 0.05) is 5.69 Å². The molecule has 1 N–H and O–H groups in total. The first-order valence-electron chi connectivity index (χ1n) is 15.8. The zero-order valence-electron chi connectivity index (χ0n) is 29.6. The lowest BCUT2D eigenvalue weighted by atomic mass is 9.78. The first-order chi connectivity index (χ1) is 20.4. The second-order valence-corrected chi connectivity index (χ2v) is 27.4. The van der Waals surface area contributed by atoms with E-state index in [0.717, 1.165) is 5.56 Å². The lowest BCUT2D eigenvalue weighted by molar-refractivity contribution is -0.120. The van der Waals surface area contributed by atoms with Crippen molar-refractivity contribution in [2.75, 3.05) is 4.90 Å². The third kappa shape index (κ3) is 9.29. The molecule has 0 aliphatic carbocycles. The molecule has 2 unspecified atom stereocenters. The van der Waals surface area contributed by atoms with Crippen LogP contribution in [0.2, 0.25) is 39.3 Å². The molecule has 0 spiro atoms. The molecule has 0 fully saturated rings. The number of hydrogen-bond donors (Lipinski definition) is 1. The van der Waals surface area contributed by atoms with Gasteiger partial charge in [-0.1, -0.05) is 90.1 Å². The van der Waals surface area contributed by atoms with Gasteiger partial charge >= 0.3 is 7.60 Å². The van der Waals surface area contributed by atoms with E-state index in [-0.39, 0.29) is 11.7 Å². The van der Waals surface area contributed by atoms with Gasteiger partial charge in [0.05, 0.1) is 5.92 Å². The zero-order valence-corrected chi connectivity index (χ0v) is 32.5. The van der Waals surface area contributed by atoms with Crippen LogP contribution in [0.5, 0.6) is 5.75 Å². The SMILES string of the molecule is CC(C(=O)N(c1ccccc1)C(c1cc(C(C)(C)C)c(O)c(C(C)(C)C)c1)P(=O)(O[Si](C)(C)C)O[Si](C)(C)C)c1ccccc1. The van der Waals surface area contributed by atoms with E-state index in [1.54, 1.807) is 4.90 Å². The number of para-hydroxylation sites is 1. The molecule has 0 aliphatic rings. The number of anilines is 1. The van der Waals surface area contributed by atoms with Crippen LogP contribution in [0.4, 0.5) is 5.69 Å². The molecule has 1 amide bonds. The van der Waals surface area contributed by atoms with E-state index < -0.39 is 46.8 Å². The van der Waals surface area contributed by atoms with Gasteiger partial charge in [0.25, 0.3) is 0 Å². The lowest BCUT2D eigenvalue weighted by Gasteiger charge is -2.42. The monoisotopic (exact) mass is 667 g/mol. The molecule has 9 heteroatoms. The van der Waals surface area contributed by atoms with Gasteiger partial charge < -0.3 is 13.5 Å². The van der Waals surface area contributed by atoms with E-state index in [0.29, 0.717) is 22.4 Å². The zero-order chi connectivity index (χ0) is 34.2. The Labute approximate surface area is 274 Å². The number of hydrogen-bond acceptors (Lipinski definition) is 5. The summed E-state index contributed by atoms with van der Waals surface area (Å²) in [6.07, 6.45) is 0. The molecule has 0 aromatic heterocycles. The largest absolute Gasteiger partial charge is 0.507 e. The second-order valence-electron chi connectivity index (χ2n) is 16.0. The highest BCUT2D eigenvalue weighted by Gasteiger charge is 2.50. The van der Waals surface area contributed by atoms with Gasteiger partial charge in [-0.2, -0.15) is 0 Å². The molecular formula is C36H54NO5PSi2. The predicted molar refractivity (Wildman–Crippen MR) is 194 cm³/mol. The summed E-state index contributed by atoms with van der Waals surface area (Å²) < 4.78 is 29.2. The minimum atomic E-state index is -4.11. The van der Waals surface area contributed by atoms with Crippen molar-refractivity contribution >= 4 is 35.8 Å². The van der Waals surface area contributed by atoms with Gasteiger partial charge in [0.1, 0.15) is 5.75 Å². The molecule has 3 aromatic carbocycles. The van der Waals surface area contributed by atoms with Crippen molar-refractivity contribution in [2.24, 2.45) is 0 Å². The molecule has 0 aliphatic heterocycles. The Kier molecular flexibility index (Phi) is 10.9. The highest BCUT2D eigenvalue weighted by Crippen LogP contribution is 2.66. The van der Waals surface area contributed by atoms with Crippen LogP contribution in [0.1, 0.15) is 82.4 Å². The molecule has 45 heavy (non-hydrogen) atoms. The Morgan fingerprint density at radius 1 is 0.733 bits per heavy atom. The molecule has 6 nitrogen and oxygen atoms in total. The number of amides is 1. The van der Waals surface area contributed by atoms with Crippen LogP contribution in [0, 0.1) is 0 Å². The molecule has 3 aromatic rings. The van der Waals surface area contributed by atoms with E-state index in [1.165, 1.54) is 0 Å². The summed E-state index contributed by atoms with van der Waals surface area (Å²) in [5.41, 5.74) is 2.57. The fourth-order valence-corrected chi connectivity index (χ4v) is 13.8. The third-order valence-corrected chi connectivity index (χ3v) is 14.9. The molecule has 0 heterocycles. The number of phenols is 1. The van der Waals surface area contributed by atoms with E-state index in [1.807, 2.05) is 161 Å². The molecular weight excluding hydrogens is 614 g/mol. The van der Waals surface area contributed by atoms with Gasteiger partial charge in [0.2, 0.25) is 5.91 Å². The Bertz CT molecular complexity index is 1460. The summed E-state index contributed by atoms with van der Waals surface area (Å²) in [6, 6.07) is 22.8. The highest BCUT2D eigenvalue weighted by atomic mass is 31.2. The molecule has 0 radical (unpaired) electrons. The van der Waals surface area contributed by atoms with E-state index in [4.69, 9.17) is 8.43 Å². The maximum absolute atomic E-state index is 15.8. The second kappa shape index (κ2) is 13.3. The van der Waals surface area contributed by atoms with Gasteiger partial charge in [-0.3, -0.25) is 14.3 Å². The summed E-state index contributed by atoms with van der Waals surface area (Å²) in [7, 11) is -9.16. The normalized spacial score (nSPS) is 14.6. The van der Waals surface area contributed by atoms with Crippen LogP contribution >= 0.6 is 7.60 Å². The van der Waals surface area contributed by atoms with E-state index in [9.17, 15) is 9.90 Å². The number of rotatable bonds is 10. The molecule has 0 bridgehead atoms. The third-order valence-electron chi connectivity index (χ3n) is 7.33. The lowest BCUT2D eigenvalue weighted by Crippen LogP contribution is -2.41. The number of aromatic hydroxyl groups is 1. The summed E-state index contributed by atoms with van der Waals surface area (Å²) in [6.45, 7) is 26.1. The van der Waals surface area contributed by atoms with Crippen molar-refractivity contribution in [3.05, 3.63) is 95.1 Å². The minimum Gasteiger partial charge on any atom is -0.507 e. The van der Waals surface area contributed by atoms with Gasteiger partial charge in [0.15, 0.2) is 22.4 Å². The molecule has 3 rings (SSSR count). The van der Waals surface area contributed by atoms with Crippen molar-refractivity contribution in [1.29, 1.82) is 0 Å². The fraction of sp³-hybridized carbons (Fsp3) is 0.472. The number of carbonyl (C=O) groups excluding carboxylic acids is 1. The Morgan fingerprint density at radius 3 is 1.51 bits per heavy atom. The van der Waals surface area contributed by atoms with E-state index in [2.05, 4.69) is 0 Å². The summed E-state index contributed by atoms with van der Waals surface area (Å²) in [5.74, 6) is -1.68. The number of carbonyl (C=O) groups is 1. The Balaban J connectivity index is 2.55. The standard InChI is InChI=1S/C36H54NO5PSi2/c1-26(27-20-16-14-17-21-27)33(39)37(29-22-18-15-19-23-29)34(43(40,41-44(8,9)10)42-45(11,12)13)28-24-30(35(2,3)4)32(38)31(25-28)36(5,6)7/h14-26,34,38H,1-13H3. The Morgan fingerprint density at radius 2 is 1.13 bits per heavy atom. The van der Waals surface area contributed by atoms with Gasteiger partial charge in [-0.05, 0) is 104 Å². The van der Waals surface area contributed by atoms with Gasteiger partial charge in [-0.25, -0.2) is 0 Å². The molecule has 246 valence electrons. The number of phenolic OH excluding ortho intramolecular Hbond substituents is 1. The molecule has 0 saturated heterocycles. The average molecular weight is 668 g/mol. The quantitative estimate of drug-likeness (QED) is 0.172. The topological polar surface area (TPSA) is 76.1 Å².